The van der Waals surface area contributed by atoms with Crippen LogP contribution in [0, 0.1) is 0 Å². The number of hydrogen-bond acceptors (Lipinski definition) is 2. The molecular formula is C17H21ClO3. The maximum absolute atomic E-state index is 11.6. The van der Waals surface area contributed by atoms with E-state index in [-0.39, 0.29) is 11.7 Å². The number of halogens is 1. The first-order chi connectivity index (χ1) is 10.1. The second kappa shape index (κ2) is 5.98. The highest BCUT2D eigenvalue weighted by Crippen LogP contribution is 2.45. The molecule has 1 saturated carbocycles. The second-order valence-electron chi connectivity index (χ2n) is 6.32. The maximum Gasteiger partial charge on any atom is 0.311 e. The summed E-state index contributed by atoms with van der Waals surface area (Å²) in [5, 5.41) is 10.1. The van der Waals surface area contributed by atoms with E-state index in [0.717, 1.165) is 25.7 Å². The third-order valence-corrected chi connectivity index (χ3v) is 5.27. The van der Waals surface area contributed by atoms with Crippen molar-refractivity contribution in [1.82, 2.24) is 0 Å². The molecule has 3 rings (SSSR count). The van der Waals surface area contributed by atoms with Crippen LogP contribution < -0.4 is 0 Å². The predicted molar refractivity (Wildman–Crippen MR) is 81.8 cm³/mol. The van der Waals surface area contributed by atoms with Gasteiger partial charge in [0.05, 0.1) is 17.6 Å². The van der Waals surface area contributed by atoms with E-state index in [1.165, 1.54) is 12.8 Å². The molecule has 1 saturated heterocycles. The SMILES string of the molecule is O=C(O)C(CC1CCC2(CCCC2)O1)c1ccccc1Cl. The number of hydrogen-bond donors (Lipinski definition) is 1. The van der Waals surface area contributed by atoms with Gasteiger partial charge < -0.3 is 9.84 Å². The van der Waals surface area contributed by atoms with Crippen LogP contribution in [0.5, 0.6) is 0 Å². The van der Waals surface area contributed by atoms with Crippen LogP contribution in [-0.2, 0) is 9.53 Å². The fraction of sp³-hybridized carbons (Fsp3) is 0.588. The summed E-state index contributed by atoms with van der Waals surface area (Å²) in [5.74, 6) is -1.40. The van der Waals surface area contributed by atoms with E-state index < -0.39 is 11.9 Å². The maximum atomic E-state index is 11.6. The largest absolute Gasteiger partial charge is 0.481 e. The van der Waals surface area contributed by atoms with Crippen molar-refractivity contribution in [3.63, 3.8) is 0 Å². The molecule has 2 fully saturated rings. The van der Waals surface area contributed by atoms with Gasteiger partial charge in [0.25, 0.3) is 0 Å². The number of rotatable bonds is 4. The van der Waals surface area contributed by atoms with E-state index in [9.17, 15) is 9.90 Å². The molecule has 0 amide bonds. The third-order valence-electron chi connectivity index (χ3n) is 4.93. The van der Waals surface area contributed by atoms with Crippen molar-refractivity contribution in [2.75, 3.05) is 0 Å². The Bertz CT molecular complexity index is 523. The first kappa shape index (κ1) is 14.9. The van der Waals surface area contributed by atoms with E-state index in [4.69, 9.17) is 16.3 Å². The first-order valence-corrected chi connectivity index (χ1v) is 8.12. The molecule has 1 N–H and O–H groups in total. The summed E-state index contributed by atoms with van der Waals surface area (Å²) in [4.78, 5) is 11.6. The van der Waals surface area contributed by atoms with Crippen molar-refractivity contribution in [2.45, 2.75) is 62.6 Å². The molecule has 3 nitrogen and oxygen atoms in total. The molecule has 2 atom stereocenters. The fourth-order valence-electron chi connectivity index (χ4n) is 3.83. The van der Waals surface area contributed by atoms with Crippen LogP contribution in [0.2, 0.25) is 5.02 Å². The highest BCUT2D eigenvalue weighted by atomic mass is 35.5. The lowest BCUT2D eigenvalue weighted by molar-refractivity contribution is -0.140. The topological polar surface area (TPSA) is 46.5 Å². The molecule has 4 heteroatoms. The van der Waals surface area contributed by atoms with Gasteiger partial charge in [0.1, 0.15) is 0 Å². The van der Waals surface area contributed by atoms with Crippen LogP contribution >= 0.6 is 11.6 Å². The van der Waals surface area contributed by atoms with Gasteiger partial charge in [0.15, 0.2) is 0 Å². The van der Waals surface area contributed by atoms with Crippen molar-refractivity contribution in [1.29, 1.82) is 0 Å². The zero-order valence-corrected chi connectivity index (χ0v) is 12.8. The van der Waals surface area contributed by atoms with E-state index >= 15 is 0 Å². The van der Waals surface area contributed by atoms with Crippen LogP contribution in [0.15, 0.2) is 24.3 Å². The van der Waals surface area contributed by atoms with E-state index in [2.05, 4.69) is 0 Å². The van der Waals surface area contributed by atoms with Crippen molar-refractivity contribution in [2.24, 2.45) is 0 Å². The van der Waals surface area contributed by atoms with Crippen LogP contribution in [0.25, 0.3) is 0 Å². The first-order valence-electron chi connectivity index (χ1n) is 7.75. The van der Waals surface area contributed by atoms with Crippen molar-refractivity contribution < 1.29 is 14.6 Å². The molecule has 2 aliphatic rings. The number of carbonyl (C=O) groups is 1. The Morgan fingerprint density at radius 3 is 2.71 bits per heavy atom. The number of carboxylic acids is 1. The van der Waals surface area contributed by atoms with Crippen LogP contribution in [-0.4, -0.2) is 22.8 Å². The van der Waals surface area contributed by atoms with Crippen LogP contribution in [0.3, 0.4) is 0 Å². The lowest BCUT2D eigenvalue weighted by atomic mass is 9.91. The highest BCUT2D eigenvalue weighted by Gasteiger charge is 2.43. The lowest BCUT2D eigenvalue weighted by Crippen LogP contribution is -2.26. The summed E-state index contributed by atoms with van der Waals surface area (Å²) < 4.78 is 6.25. The molecule has 0 radical (unpaired) electrons. The Hall–Kier alpha value is -1.06. The minimum Gasteiger partial charge on any atom is -0.481 e. The molecule has 1 aromatic rings. The normalized spacial score (nSPS) is 25.3. The highest BCUT2D eigenvalue weighted by molar-refractivity contribution is 6.31. The number of aliphatic carboxylic acids is 1. The molecule has 1 heterocycles. The number of ether oxygens (including phenoxy) is 1. The minimum absolute atomic E-state index is 0.0421. The molecule has 1 aromatic carbocycles. The Labute approximate surface area is 130 Å². The Morgan fingerprint density at radius 1 is 1.33 bits per heavy atom. The zero-order valence-electron chi connectivity index (χ0n) is 12.1. The molecule has 2 unspecified atom stereocenters. The molecule has 1 spiro atoms. The van der Waals surface area contributed by atoms with Gasteiger partial charge in [0.2, 0.25) is 0 Å². The van der Waals surface area contributed by atoms with Gasteiger partial charge in [-0.2, -0.15) is 0 Å². The summed E-state index contributed by atoms with van der Waals surface area (Å²) in [6, 6.07) is 7.22. The van der Waals surface area contributed by atoms with Gasteiger partial charge in [-0.1, -0.05) is 42.6 Å². The Balaban J connectivity index is 1.72. The summed E-state index contributed by atoms with van der Waals surface area (Å²) in [6.07, 6.45) is 7.34. The molecule has 1 aliphatic carbocycles. The smallest absolute Gasteiger partial charge is 0.311 e. The van der Waals surface area contributed by atoms with Gasteiger partial charge in [-0.15, -0.1) is 0 Å². The zero-order chi connectivity index (χ0) is 14.9. The van der Waals surface area contributed by atoms with Gasteiger partial charge >= 0.3 is 5.97 Å². The van der Waals surface area contributed by atoms with Crippen LogP contribution in [0.4, 0.5) is 0 Å². The van der Waals surface area contributed by atoms with E-state index in [0.29, 0.717) is 17.0 Å². The summed E-state index contributed by atoms with van der Waals surface area (Å²) in [7, 11) is 0. The monoisotopic (exact) mass is 308 g/mol. The minimum atomic E-state index is -0.820. The summed E-state index contributed by atoms with van der Waals surface area (Å²) >= 11 is 6.16. The van der Waals surface area contributed by atoms with Crippen LogP contribution in [0.1, 0.15) is 56.4 Å². The fourth-order valence-corrected chi connectivity index (χ4v) is 4.10. The van der Waals surface area contributed by atoms with Gasteiger partial charge in [-0.3, -0.25) is 4.79 Å². The van der Waals surface area contributed by atoms with Gasteiger partial charge in [-0.25, -0.2) is 0 Å². The summed E-state index contributed by atoms with van der Waals surface area (Å²) in [6.45, 7) is 0. The molecule has 114 valence electrons. The van der Waals surface area contributed by atoms with E-state index in [1.54, 1.807) is 12.1 Å². The lowest BCUT2D eigenvalue weighted by Gasteiger charge is -2.25. The Kier molecular flexibility index (Phi) is 4.23. The third kappa shape index (κ3) is 3.09. The molecular weight excluding hydrogens is 288 g/mol. The number of benzene rings is 1. The second-order valence-corrected chi connectivity index (χ2v) is 6.72. The standard InChI is InChI=1S/C17H21ClO3/c18-15-6-2-1-5-13(15)14(16(19)20)11-12-7-10-17(21-12)8-3-4-9-17/h1-2,5-6,12,14H,3-4,7-11H2,(H,19,20). The van der Waals surface area contributed by atoms with Crippen molar-refractivity contribution in [3.05, 3.63) is 34.9 Å². The van der Waals surface area contributed by atoms with E-state index in [1.807, 2.05) is 12.1 Å². The summed E-state index contributed by atoms with van der Waals surface area (Å²) in [5.41, 5.74) is 0.747. The van der Waals surface area contributed by atoms with Gasteiger partial charge in [-0.05, 0) is 43.7 Å². The predicted octanol–water partition coefficient (Wildman–Crippen LogP) is 4.39. The van der Waals surface area contributed by atoms with Gasteiger partial charge in [0, 0.05) is 5.02 Å². The Morgan fingerprint density at radius 2 is 2.05 bits per heavy atom. The quantitative estimate of drug-likeness (QED) is 0.897. The molecule has 1 aliphatic heterocycles. The molecule has 0 aromatic heterocycles. The van der Waals surface area contributed by atoms with Crippen molar-refractivity contribution >= 4 is 17.6 Å². The number of carboxylic acid groups (broad SMARTS) is 1. The average molecular weight is 309 g/mol. The molecule has 0 bridgehead atoms. The van der Waals surface area contributed by atoms with Crippen molar-refractivity contribution in [3.8, 4) is 0 Å². The average Bonchev–Trinajstić information content (AvgIpc) is 3.08. The molecule has 21 heavy (non-hydrogen) atoms.